The summed E-state index contributed by atoms with van der Waals surface area (Å²) >= 11 is 1.44. The summed E-state index contributed by atoms with van der Waals surface area (Å²) in [5, 5.41) is 15.3. The van der Waals surface area contributed by atoms with Crippen molar-refractivity contribution in [1.82, 2.24) is 14.1 Å². The molecule has 1 N–H and O–H groups in total. The first-order chi connectivity index (χ1) is 9.87. The lowest BCUT2D eigenvalue weighted by Crippen LogP contribution is -2.39. The number of hydrogen-bond donors (Lipinski definition) is 1. The van der Waals surface area contributed by atoms with Gasteiger partial charge in [-0.1, -0.05) is 6.07 Å². The van der Waals surface area contributed by atoms with Gasteiger partial charge in [-0.2, -0.15) is 9.40 Å². The van der Waals surface area contributed by atoms with Crippen molar-refractivity contribution in [3.63, 3.8) is 0 Å². The van der Waals surface area contributed by atoms with Crippen molar-refractivity contribution >= 4 is 21.4 Å². The van der Waals surface area contributed by atoms with Gasteiger partial charge in [0.05, 0.1) is 11.5 Å². The molecule has 0 spiro atoms. The average molecular weight is 329 g/mol. The Kier molecular flexibility index (Phi) is 4.82. The third-order valence-electron chi connectivity index (χ3n) is 3.03. The second-order valence-electron chi connectivity index (χ2n) is 4.93. The number of aromatic nitrogens is 2. The van der Waals surface area contributed by atoms with Crippen LogP contribution in [-0.4, -0.2) is 46.8 Å². The number of aliphatic hydroxyl groups is 1. The highest BCUT2D eigenvalue weighted by atomic mass is 32.2. The van der Waals surface area contributed by atoms with Gasteiger partial charge in [-0.3, -0.25) is 4.68 Å². The van der Waals surface area contributed by atoms with Crippen LogP contribution in [-0.2, 0) is 17.1 Å². The number of sulfonamides is 1. The zero-order valence-electron chi connectivity index (χ0n) is 12.2. The molecule has 0 aromatic carbocycles. The molecule has 0 unspecified atom stereocenters. The Hall–Kier alpha value is -1.22. The van der Waals surface area contributed by atoms with E-state index in [9.17, 15) is 8.42 Å². The maximum Gasteiger partial charge on any atom is 0.247 e. The van der Waals surface area contributed by atoms with E-state index >= 15 is 0 Å². The Labute approximate surface area is 128 Å². The maximum absolute atomic E-state index is 12.9. The lowest BCUT2D eigenvalue weighted by atomic mass is 10.3. The molecule has 0 radical (unpaired) electrons. The van der Waals surface area contributed by atoms with Crippen molar-refractivity contribution in [1.29, 1.82) is 0 Å². The predicted molar refractivity (Wildman–Crippen MR) is 82.6 cm³/mol. The van der Waals surface area contributed by atoms with Gasteiger partial charge in [0.15, 0.2) is 0 Å². The van der Waals surface area contributed by atoms with Crippen LogP contribution in [0.2, 0.25) is 0 Å². The molecule has 0 aliphatic carbocycles. The molecule has 0 amide bonds. The first-order valence-corrected chi connectivity index (χ1v) is 8.90. The first kappa shape index (κ1) is 16.2. The first-order valence-electron chi connectivity index (χ1n) is 6.58. The molecule has 0 bridgehead atoms. The Morgan fingerprint density at radius 3 is 2.71 bits per heavy atom. The topological polar surface area (TPSA) is 75.4 Å². The largest absolute Gasteiger partial charge is 0.395 e. The standard InChI is InChI=1S/C13H19N3O3S2/c1-10(2)16(6-7-17)21(18,19)12-9-15(3)14-13(12)11-5-4-8-20-11/h4-5,8-10,17H,6-7H2,1-3H3. The van der Waals surface area contributed by atoms with Crippen LogP contribution >= 0.6 is 11.3 Å². The van der Waals surface area contributed by atoms with Gasteiger partial charge < -0.3 is 5.11 Å². The Morgan fingerprint density at radius 1 is 1.48 bits per heavy atom. The van der Waals surface area contributed by atoms with Gasteiger partial charge >= 0.3 is 0 Å². The van der Waals surface area contributed by atoms with Crippen molar-refractivity contribution in [2.24, 2.45) is 7.05 Å². The van der Waals surface area contributed by atoms with E-state index in [-0.39, 0.29) is 24.1 Å². The van der Waals surface area contributed by atoms with Gasteiger partial charge in [0.25, 0.3) is 0 Å². The molecule has 21 heavy (non-hydrogen) atoms. The number of rotatable bonds is 6. The fraction of sp³-hybridized carbons (Fsp3) is 0.462. The molecule has 0 saturated heterocycles. The van der Waals surface area contributed by atoms with E-state index in [1.165, 1.54) is 26.5 Å². The Bertz CT molecular complexity index is 690. The van der Waals surface area contributed by atoms with E-state index in [4.69, 9.17) is 5.11 Å². The van der Waals surface area contributed by atoms with E-state index in [0.717, 1.165) is 4.88 Å². The maximum atomic E-state index is 12.9. The molecule has 6 nitrogen and oxygen atoms in total. The SMILES string of the molecule is CC(C)N(CCO)S(=O)(=O)c1cn(C)nc1-c1cccs1. The minimum Gasteiger partial charge on any atom is -0.395 e. The summed E-state index contributed by atoms with van der Waals surface area (Å²) in [6.45, 7) is 3.42. The van der Waals surface area contributed by atoms with Gasteiger partial charge in [-0.25, -0.2) is 8.42 Å². The summed E-state index contributed by atoms with van der Waals surface area (Å²) in [5.74, 6) is 0. The van der Waals surface area contributed by atoms with Crippen LogP contribution in [0.25, 0.3) is 10.6 Å². The molecular formula is C13H19N3O3S2. The highest BCUT2D eigenvalue weighted by Crippen LogP contribution is 2.31. The summed E-state index contributed by atoms with van der Waals surface area (Å²) < 4.78 is 28.5. The zero-order valence-corrected chi connectivity index (χ0v) is 13.9. The number of nitrogens with zero attached hydrogens (tertiary/aromatic N) is 3. The summed E-state index contributed by atoms with van der Waals surface area (Å²) in [4.78, 5) is 0.983. The minimum absolute atomic E-state index is 0.0682. The van der Waals surface area contributed by atoms with Gasteiger partial charge in [0, 0.05) is 25.8 Å². The van der Waals surface area contributed by atoms with Gasteiger partial charge in [-0.15, -0.1) is 11.3 Å². The molecule has 116 valence electrons. The van der Waals surface area contributed by atoms with E-state index in [1.54, 1.807) is 20.9 Å². The van der Waals surface area contributed by atoms with Crippen molar-refractivity contribution in [2.75, 3.05) is 13.2 Å². The van der Waals surface area contributed by atoms with E-state index in [2.05, 4.69) is 5.10 Å². The average Bonchev–Trinajstić information content (AvgIpc) is 3.03. The third kappa shape index (κ3) is 3.18. The van der Waals surface area contributed by atoms with Crippen molar-refractivity contribution in [2.45, 2.75) is 24.8 Å². The summed E-state index contributed by atoms with van der Waals surface area (Å²) in [6.07, 6.45) is 1.51. The molecule has 0 fully saturated rings. The normalized spacial score (nSPS) is 12.5. The van der Waals surface area contributed by atoms with Crippen LogP contribution in [0.15, 0.2) is 28.6 Å². The smallest absolute Gasteiger partial charge is 0.247 e. The molecule has 2 rings (SSSR count). The number of hydrogen-bond acceptors (Lipinski definition) is 5. The molecule has 0 aliphatic heterocycles. The molecule has 0 saturated carbocycles. The summed E-state index contributed by atoms with van der Waals surface area (Å²) in [5.41, 5.74) is 0.455. The molecule has 8 heteroatoms. The van der Waals surface area contributed by atoms with Gasteiger partial charge in [-0.05, 0) is 25.3 Å². The van der Waals surface area contributed by atoms with E-state index in [0.29, 0.717) is 5.69 Å². The molecule has 2 aromatic rings. The fourth-order valence-electron chi connectivity index (χ4n) is 2.12. The molecular weight excluding hydrogens is 310 g/mol. The number of aliphatic hydroxyl groups excluding tert-OH is 1. The molecule has 2 aromatic heterocycles. The lowest BCUT2D eigenvalue weighted by Gasteiger charge is -2.24. The van der Waals surface area contributed by atoms with E-state index < -0.39 is 10.0 Å². The highest BCUT2D eigenvalue weighted by molar-refractivity contribution is 7.89. The van der Waals surface area contributed by atoms with Crippen LogP contribution in [0.4, 0.5) is 0 Å². The Balaban J connectivity index is 2.55. The Morgan fingerprint density at radius 2 is 2.19 bits per heavy atom. The van der Waals surface area contributed by atoms with Crippen molar-refractivity contribution in [3.8, 4) is 10.6 Å². The number of aryl methyl sites for hydroxylation is 1. The van der Waals surface area contributed by atoms with Crippen LogP contribution < -0.4 is 0 Å². The second kappa shape index (κ2) is 6.27. The predicted octanol–water partition coefficient (Wildman–Crippen LogP) is 1.54. The molecule has 2 heterocycles. The van der Waals surface area contributed by atoms with E-state index in [1.807, 2.05) is 17.5 Å². The third-order valence-corrected chi connectivity index (χ3v) is 5.99. The van der Waals surface area contributed by atoms with Crippen LogP contribution in [0.1, 0.15) is 13.8 Å². The lowest BCUT2D eigenvalue weighted by molar-refractivity contribution is 0.236. The quantitative estimate of drug-likeness (QED) is 0.872. The van der Waals surface area contributed by atoms with Gasteiger partial charge in [0.2, 0.25) is 10.0 Å². The monoisotopic (exact) mass is 329 g/mol. The van der Waals surface area contributed by atoms with Crippen molar-refractivity contribution < 1.29 is 13.5 Å². The van der Waals surface area contributed by atoms with Crippen LogP contribution in [0.3, 0.4) is 0 Å². The fourth-order valence-corrected chi connectivity index (χ4v) is 4.72. The van der Waals surface area contributed by atoms with Gasteiger partial charge in [0.1, 0.15) is 10.6 Å². The van der Waals surface area contributed by atoms with Crippen LogP contribution in [0, 0.1) is 0 Å². The zero-order chi connectivity index (χ0) is 15.6. The number of thiophene rings is 1. The molecule has 0 atom stereocenters. The van der Waals surface area contributed by atoms with Crippen LogP contribution in [0.5, 0.6) is 0 Å². The molecule has 0 aliphatic rings. The summed E-state index contributed by atoms with van der Waals surface area (Å²) in [6, 6.07) is 3.47. The highest BCUT2D eigenvalue weighted by Gasteiger charge is 2.31. The summed E-state index contributed by atoms with van der Waals surface area (Å²) in [7, 11) is -2.01. The minimum atomic E-state index is -3.70. The second-order valence-corrected chi connectivity index (χ2v) is 7.73. The van der Waals surface area contributed by atoms with Crippen molar-refractivity contribution in [3.05, 3.63) is 23.7 Å².